The SMILES string of the molecule is O=C([O-])CCCCCC1NC(=O)NC1CS. The highest BCUT2D eigenvalue weighted by Crippen LogP contribution is 2.12. The fourth-order valence-corrected chi connectivity index (χ4v) is 2.18. The Kier molecular flexibility index (Phi) is 5.45. The van der Waals surface area contributed by atoms with E-state index in [9.17, 15) is 14.7 Å². The number of nitrogens with one attached hydrogen (secondary N) is 2. The topological polar surface area (TPSA) is 81.3 Å². The van der Waals surface area contributed by atoms with E-state index in [2.05, 4.69) is 23.3 Å². The molecular formula is C10H17N2O3S-. The zero-order valence-electron chi connectivity index (χ0n) is 9.07. The van der Waals surface area contributed by atoms with E-state index in [4.69, 9.17) is 0 Å². The second-order valence-electron chi connectivity index (χ2n) is 3.98. The van der Waals surface area contributed by atoms with Crippen LogP contribution in [0.3, 0.4) is 0 Å². The molecule has 2 amide bonds. The van der Waals surface area contributed by atoms with Crippen LogP contribution in [0, 0.1) is 0 Å². The van der Waals surface area contributed by atoms with Crippen LogP contribution in [-0.2, 0) is 4.79 Å². The first-order valence-corrected chi connectivity index (χ1v) is 6.14. The van der Waals surface area contributed by atoms with Crippen LogP contribution in [-0.4, -0.2) is 29.8 Å². The summed E-state index contributed by atoms with van der Waals surface area (Å²) in [6, 6.07) is 0.0590. The second kappa shape index (κ2) is 6.62. The Morgan fingerprint density at radius 1 is 1.25 bits per heavy atom. The molecule has 1 heterocycles. The Hall–Kier alpha value is -0.910. The third kappa shape index (κ3) is 4.30. The van der Waals surface area contributed by atoms with Gasteiger partial charge in [0.15, 0.2) is 0 Å². The van der Waals surface area contributed by atoms with E-state index in [0.29, 0.717) is 12.2 Å². The maximum Gasteiger partial charge on any atom is 0.315 e. The van der Waals surface area contributed by atoms with Gasteiger partial charge in [-0.2, -0.15) is 12.6 Å². The van der Waals surface area contributed by atoms with Gasteiger partial charge in [0.05, 0.1) is 12.1 Å². The third-order valence-corrected chi connectivity index (χ3v) is 3.10. The molecule has 1 aliphatic heterocycles. The van der Waals surface area contributed by atoms with Crippen LogP contribution in [0.4, 0.5) is 4.79 Å². The molecule has 5 nitrogen and oxygen atoms in total. The number of carboxylic acid groups (broad SMARTS) is 1. The molecule has 2 atom stereocenters. The second-order valence-corrected chi connectivity index (χ2v) is 4.35. The summed E-state index contributed by atoms with van der Waals surface area (Å²) in [5, 5.41) is 15.8. The van der Waals surface area contributed by atoms with Crippen molar-refractivity contribution in [1.29, 1.82) is 0 Å². The normalized spacial score (nSPS) is 23.9. The first kappa shape index (κ1) is 13.2. The summed E-state index contributed by atoms with van der Waals surface area (Å²) in [6.45, 7) is 0. The minimum absolute atomic E-state index is 0.0805. The molecule has 1 rings (SSSR count). The molecule has 2 unspecified atom stereocenters. The van der Waals surface area contributed by atoms with Crippen LogP contribution in [0.2, 0.25) is 0 Å². The van der Waals surface area contributed by atoms with Crippen molar-refractivity contribution in [3.05, 3.63) is 0 Å². The summed E-state index contributed by atoms with van der Waals surface area (Å²) in [5.41, 5.74) is 0. The average molecular weight is 245 g/mol. The van der Waals surface area contributed by atoms with E-state index in [0.717, 1.165) is 19.3 Å². The minimum atomic E-state index is -0.996. The van der Waals surface area contributed by atoms with Gasteiger partial charge < -0.3 is 20.5 Å². The molecule has 0 bridgehead atoms. The summed E-state index contributed by atoms with van der Waals surface area (Å²) in [7, 11) is 0. The van der Waals surface area contributed by atoms with Gasteiger partial charge in [-0.1, -0.05) is 12.8 Å². The van der Waals surface area contributed by atoms with E-state index in [-0.39, 0.29) is 24.5 Å². The number of carbonyl (C=O) groups is 2. The highest BCUT2D eigenvalue weighted by molar-refractivity contribution is 7.80. The Bertz CT molecular complexity index is 260. The molecule has 0 aromatic carbocycles. The number of amides is 2. The first-order valence-electron chi connectivity index (χ1n) is 5.51. The fourth-order valence-electron chi connectivity index (χ4n) is 1.84. The predicted octanol–water partition coefficient (Wildman–Crippen LogP) is -0.333. The van der Waals surface area contributed by atoms with Crippen LogP contribution >= 0.6 is 12.6 Å². The number of aliphatic carboxylic acids is 1. The van der Waals surface area contributed by atoms with Crippen LogP contribution in [0.15, 0.2) is 0 Å². The lowest BCUT2D eigenvalue weighted by molar-refractivity contribution is -0.305. The van der Waals surface area contributed by atoms with Crippen LogP contribution in [0.1, 0.15) is 32.1 Å². The zero-order chi connectivity index (χ0) is 12.0. The van der Waals surface area contributed by atoms with Crippen LogP contribution < -0.4 is 15.7 Å². The third-order valence-electron chi connectivity index (χ3n) is 2.71. The Morgan fingerprint density at radius 3 is 2.56 bits per heavy atom. The molecule has 0 aromatic heterocycles. The predicted molar refractivity (Wildman–Crippen MR) is 61.2 cm³/mol. The van der Waals surface area contributed by atoms with Gasteiger partial charge in [-0.05, 0) is 19.3 Å². The van der Waals surface area contributed by atoms with Gasteiger partial charge in [-0.25, -0.2) is 4.79 Å². The Balaban J connectivity index is 2.12. The van der Waals surface area contributed by atoms with Gasteiger partial charge in [-0.3, -0.25) is 0 Å². The number of thiol groups is 1. The highest BCUT2D eigenvalue weighted by atomic mass is 32.1. The molecular weight excluding hydrogens is 228 g/mol. The summed E-state index contributed by atoms with van der Waals surface area (Å²) in [5.74, 6) is -0.383. The number of hydrogen-bond acceptors (Lipinski definition) is 4. The van der Waals surface area contributed by atoms with E-state index in [1.807, 2.05) is 0 Å². The number of urea groups is 1. The average Bonchev–Trinajstić information content (AvgIpc) is 2.58. The van der Waals surface area contributed by atoms with Crippen molar-refractivity contribution in [3.8, 4) is 0 Å². The maximum atomic E-state index is 11.1. The zero-order valence-corrected chi connectivity index (χ0v) is 9.96. The quantitative estimate of drug-likeness (QED) is 0.424. The van der Waals surface area contributed by atoms with E-state index in [1.165, 1.54) is 0 Å². The van der Waals surface area contributed by atoms with Gasteiger partial charge in [0.25, 0.3) is 0 Å². The first-order chi connectivity index (χ1) is 7.63. The van der Waals surface area contributed by atoms with Gasteiger partial charge >= 0.3 is 6.03 Å². The Morgan fingerprint density at radius 2 is 1.94 bits per heavy atom. The van der Waals surface area contributed by atoms with Crippen LogP contribution in [0.5, 0.6) is 0 Å². The summed E-state index contributed by atoms with van der Waals surface area (Å²) in [6.07, 6.45) is 3.37. The maximum absolute atomic E-state index is 11.1. The summed E-state index contributed by atoms with van der Waals surface area (Å²) in [4.78, 5) is 21.2. The van der Waals surface area contributed by atoms with E-state index >= 15 is 0 Å². The van der Waals surface area contributed by atoms with Gasteiger partial charge in [0, 0.05) is 11.7 Å². The molecule has 0 aromatic rings. The lowest BCUT2D eigenvalue weighted by Gasteiger charge is -2.15. The number of carbonyl (C=O) groups excluding carboxylic acids is 2. The molecule has 1 saturated heterocycles. The van der Waals surface area contributed by atoms with Crippen molar-refractivity contribution >= 4 is 24.6 Å². The Labute approximate surface area is 100 Å². The molecule has 0 aliphatic carbocycles. The molecule has 92 valence electrons. The van der Waals surface area contributed by atoms with Crippen molar-refractivity contribution in [2.24, 2.45) is 0 Å². The highest BCUT2D eigenvalue weighted by Gasteiger charge is 2.29. The van der Waals surface area contributed by atoms with Crippen molar-refractivity contribution < 1.29 is 14.7 Å². The standard InChI is InChI=1S/C10H18N2O3S/c13-9(14)5-3-1-2-4-7-8(6-16)12-10(15)11-7/h7-8,16H,1-6H2,(H,13,14)(H2,11,12,15)/p-1. The molecule has 0 radical (unpaired) electrons. The molecule has 0 spiro atoms. The fraction of sp³-hybridized carbons (Fsp3) is 0.800. The van der Waals surface area contributed by atoms with E-state index < -0.39 is 5.97 Å². The monoisotopic (exact) mass is 245 g/mol. The van der Waals surface area contributed by atoms with Crippen molar-refractivity contribution in [3.63, 3.8) is 0 Å². The lowest BCUT2D eigenvalue weighted by atomic mass is 10.0. The van der Waals surface area contributed by atoms with Gasteiger partial charge in [0.1, 0.15) is 0 Å². The summed E-state index contributed by atoms with van der Waals surface area (Å²) < 4.78 is 0. The number of rotatable bonds is 7. The van der Waals surface area contributed by atoms with E-state index in [1.54, 1.807) is 0 Å². The number of carboxylic acids is 1. The molecule has 6 heteroatoms. The minimum Gasteiger partial charge on any atom is -0.550 e. The smallest absolute Gasteiger partial charge is 0.315 e. The molecule has 2 N–H and O–H groups in total. The van der Waals surface area contributed by atoms with Gasteiger partial charge in [-0.15, -0.1) is 0 Å². The lowest BCUT2D eigenvalue weighted by Crippen LogP contribution is -2.34. The number of unbranched alkanes of at least 4 members (excludes halogenated alkanes) is 2. The van der Waals surface area contributed by atoms with Crippen LogP contribution in [0.25, 0.3) is 0 Å². The molecule has 1 aliphatic rings. The molecule has 16 heavy (non-hydrogen) atoms. The molecule has 1 fully saturated rings. The van der Waals surface area contributed by atoms with Gasteiger partial charge in [0.2, 0.25) is 0 Å². The molecule has 0 saturated carbocycles. The summed E-state index contributed by atoms with van der Waals surface area (Å²) >= 11 is 4.17. The van der Waals surface area contributed by atoms with Crippen molar-refractivity contribution in [2.45, 2.75) is 44.2 Å². The van der Waals surface area contributed by atoms with Crippen molar-refractivity contribution in [1.82, 2.24) is 10.6 Å². The largest absolute Gasteiger partial charge is 0.550 e. The van der Waals surface area contributed by atoms with Crippen molar-refractivity contribution in [2.75, 3.05) is 5.75 Å². The number of hydrogen-bond donors (Lipinski definition) is 3.